The summed E-state index contributed by atoms with van der Waals surface area (Å²) in [4.78, 5) is 4.36. The molecule has 0 bridgehead atoms. The van der Waals surface area contributed by atoms with Gasteiger partial charge < -0.3 is 5.32 Å². The van der Waals surface area contributed by atoms with Crippen LogP contribution in [0, 0.1) is 0 Å². The number of anilines is 1. The number of benzene rings is 1. The molecular formula is C15H15ClN2S. The molecule has 2 aromatic rings. The first kappa shape index (κ1) is 12.8. The monoisotopic (exact) mass is 290 g/mol. The van der Waals surface area contributed by atoms with E-state index in [4.69, 9.17) is 11.6 Å². The lowest BCUT2D eigenvalue weighted by Crippen LogP contribution is -2.14. The Hall–Kier alpha value is -1.19. The quantitative estimate of drug-likeness (QED) is 0.895. The van der Waals surface area contributed by atoms with Crippen molar-refractivity contribution in [2.45, 2.75) is 23.1 Å². The molecule has 0 saturated carbocycles. The van der Waals surface area contributed by atoms with Gasteiger partial charge in [0.15, 0.2) is 0 Å². The minimum absolute atomic E-state index is 0.500. The van der Waals surface area contributed by atoms with Crippen molar-refractivity contribution in [3.05, 3.63) is 53.2 Å². The molecular weight excluding hydrogens is 276 g/mol. The van der Waals surface area contributed by atoms with E-state index in [1.807, 2.05) is 12.1 Å². The highest BCUT2D eigenvalue weighted by Gasteiger charge is 2.17. The first-order valence-corrected chi connectivity index (χ1v) is 7.67. The van der Waals surface area contributed by atoms with Crippen LogP contribution in [0.5, 0.6) is 0 Å². The van der Waals surface area contributed by atoms with Gasteiger partial charge in [0.25, 0.3) is 0 Å². The zero-order chi connectivity index (χ0) is 13.1. The Kier molecular flexibility index (Phi) is 3.95. The van der Waals surface area contributed by atoms with Crippen LogP contribution in [0.1, 0.15) is 12.0 Å². The Labute approximate surface area is 122 Å². The number of aryl methyl sites for hydroxylation is 1. The largest absolute Gasteiger partial charge is 0.384 e. The van der Waals surface area contributed by atoms with Gasteiger partial charge in [-0.25, -0.2) is 4.98 Å². The average Bonchev–Trinajstić information content (AvgIpc) is 2.64. The van der Waals surface area contributed by atoms with Crippen LogP contribution in [0.4, 0.5) is 5.69 Å². The second kappa shape index (κ2) is 5.85. The van der Waals surface area contributed by atoms with E-state index in [0.29, 0.717) is 5.25 Å². The normalized spacial score (nSPS) is 18.3. The van der Waals surface area contributed by atoms with Crippen molar-refractivity contribution in [1.82, 2.24) is 4.98 Å². The maximum Gasteiger partial charge on any atom is 0.115 e. The van der Waals surface area contributed by atoms with Gasteiger partial charge in [-0.1, -0.05) is 41.6 Å². The topological polar surface area (TPSA) is 24.9 Å². The van der Waals surface area contributed by atoms with E-state index in [9.17, 15) is 0 Å². The number of nitrogens with zero attached hydrogens (tertiary/aromatic N) is 1. The van der Waals surface area contributed by atoms with Gasteiger partial charge in [-0.2, -0.15) is 0 Å². The van der Waals surface area contributed by atoms with Crippen molar-refractivity contribution in [2.75, 3.05) is 11.9 Å². The lowest BCUT2D eigenvalue weighted by atomic mass is 10.1. The third-order valence-corrected chi connectivity index (χ3v) is 4.98. The smallest absolute Gasteiger partial charge is 0.115 e. The second-order valence-corrected chi connectivity index (χ2v) is 6.30. The zero-order valence-corrected chi connectivity index (χ0v) is 12.0. The summed E-state index contributed by atoms with van der Waals surface area (Å²) in [6, 6.07) is 12.3. The molecule has 2 nitrogen and oxygen atoms in total. The molecule has 98 valence electrons. The summed E-state index contributed by atoms with van der Waals surface area (Å²) in [5.41, 5.74) is 2.66. The predicted molar refractivity (Wildman–Crippen MR) is 82.1 cm³/mol. The molecule has 1 atom stereocenters. The summed E-state index contributed by atoms with van der Waals surface area (Å²) in [6.45, 7) is 0.953. The first-order valence-electron chi connectivity index (χ1n) is 6.42. The Morgan fingerprint density at radius 3 is 3.00 bits per heavy atom. The van der Waals surface area contributed by atoms with E-state index in [2.05, 4.69) is 34.6 Å². The van der Waals surface area contributed by atoms with Crippen molar-refractivity contribution in [1.29, 1.82) is 0 Å². The number of thioether (sulfide) groups is 1. The number of aromatic nitrogens is 1. The third kappa shape index (κ3) is 3.04. The van der Waals surface area contributed by atoms with Gasteiger partial charge >= 0.3 is 0 Å². The van der Waals surface area contributed by atoms with Crippen molar-refractivity contribution in [2.24, 2.45) is 0 Å². The number of nitrogens with one attached hydrogen (secondary N) is 1. The number of pyridine rings is 1. The van der Waals surface area contributed by atoms with Crippen LogP contribution in [0.2, 0.25) is 5.02 Å². The molecule has 0 aliphatic carbocycles. The fourth-order valence-electron chi connectivity index (χ4n) is 2.27. The van der Waals surface area contributed by atoms with Crippen LogP contribution in [0.15, 0.2) is 47.6 Å². The molecule has 2 heterocycles. The van der Waals surface area contributed by atoms with Crippen molar-refractivity contribution < 1.29 is 0 Å². The van der Waals surface area contributed by atoms with Crippen LogP contribution in [0.25, 0.3) is 0 Å². The van der Waals surface area contributed by atoms with Gasteiger partial charge in [0.1, 0.15) is 5.03 Å². The number of hydrogen-bond donors (Lipinski definition) is 1. The molecule has 0 fully saturated rings. The van der Waals surface area contributed by atoms with E-state index in [1.54, 1.807) is 18.0 Å². The van der Waals surface area contributed by atoms with Crippen molar-refractivity contribution in [3.63, 3.8) is 0 Å². The van der Waals surface area contributed by atoms with Crippen LogP contribution in [-0.4, -0.2) is 16.8 Å². The summed E-state index contributed by atoms with van der Waals surface area (Å²) in [5, 5.41) is 5.70. The van der Waals surface area contributed by atoms with Gasteiger partial charge in [-0.3, -0.25) is 0 Å². The minimum atomic E-state index is 0.500. The van der Waals surface area contributed by atoms with E-state index in [1.165, 1.54) is 11.3 Å². The van der Waals surface area contributed by atoms with E-state index in [-0.39, 0.29) is 0 Å². The van der Waals surface area contributed by atoms with Crippen LogP contribution in [0.3, 0.4) is 0 Å². The standard InChI is InChI=1S/C15H15ClN2S/c16-13-5-3-9-17-15(13)19-12-8-7-11-4-1-2-6-14(11)18-10-12/h1-6,9,12,18H,7-8,10H2. The molecule has 1 aromatic heterocycles. The fourth-order valence-corrected chi connectivity index (χ4v) is 3.55. The highest BCUT2D eigenvalue weighted by Crippen LogP contribution is 2.32. The molecule has 0 amide bonds. The Balaban J connectivity index is 1.71. The summed E-state index contributed by atoms with van der Waals surface area (Å²) >= 11 is 7.94. The molecule has 4 heteroatoms. The summed E-state index contributed by atoms with van der Waals surface area (Å²) in [5.74, 6) is 0. The summed E-state index contributed by atoms with van der Waals surface area (Å²) in [6.07, 6.45) is 4.04. The zero-order valence-electron chi connectivity index (χ0n) is 10.5. The Morgan fingerprint density at radius 2 is 2.11 bits per heavy atom. The van der Waals surface area contributed by atoms with Crippen LogP contribution in [-0.2, 0) is 6.42 Å². The lowest BCUT2D eigenvalue weighted by Gasteiger charge is -2.14. The first-order chi connectivity index (χ1) is 9.33. The molecule has 1 N–H and O–H groups in total. The molecule has 0 radical (unpaired) electrons. The molecule has 1 unspecified atom stereocenters. The van der Waals surface area contributed by atoms with Crippen LogP contribution < -0.4 is 5.32 Å². The van der Waals surface area contributed by atoms with Crippen LogP contribution >= 0.6 is 23.4 Å². The molecule has 3 rings (SSSR count). The fraction of sp³-hybridized carbons (Fsp3) is 0.267. The minimum Gasteiger partial charge on any atom is -0.384 e. The van der Waals surface area contributed by atoms with Crippen molar-refractivity contribution in [3.8, 4) is 0 Å². The Bertz CT molecular complexity index is 547. The summed E-state index contributed by atoms with van der Waals surface area (Å²) < 4.78 is 0. The molecule has 1 aromatic carbocycles. The summed E-state index contributed by atoms with van der Waals surface area (Å²) in [7, 11) is 0. The van der Waals surface area contributed by atoms with Gasteiger partial charge in [-0.05, 0) is 36.6 Å². The second-order valence-electron chi connectivity index (χ2n) is 4.61. The van der Waals surface area contributed by atoms with E-state index in [0.717, 1.165) is 29.4 Å². The number of para-hydroxylation sites is 1. The van der Waals surface area contributed by atoms with E-state index < -0.39 is 0 Å². The van der Waals surface area contributed by atoms with Gasteiger partial charge in [0.05, 0.1) is 5.02 Å². The Morgan fingerprint density at radius 1 is 1.21 bits per heavy atom. The van der Waals surface area contributed by atoms with Gasteiger partial charge in [0, 0.05) is 23.7 Å². The number of rotatable bonds is 2. The molecule has 1 aliphatic heterocycles. The molecule has 0 saturated heterocycles. The number of hydrogen-bond acceptors (Lipinski definition) is 3. The molecule has 0 spiro atoms. The molecule has 19 heavy (non-hydrogen) atoms. The average molecular weight is 291 g/mol. The highest BCUT2D eigenvalue weighted by atomic mass is 35.5. The number of halogens is 1. The van der Waals surface area contributed by atoms with E-state index >= 15 is 0 Å². The van der Waals surface area contributed by atoms with Gasteiger partial charge in [0.2, 0.25) is 0 Å². The predicted octanol–water partition coefficient (Wildman–Crippen LogP) is 4.25. The SMILES string of the molecule is Clc1cccnc1SC1CCc2ccccc2NC1. The third-order valence-electron chi connectivity index (χ3n) is 3.28. The lowest BCUT2D eigenvalue weighted by molar-refractivity contribution is 0.801. The van der Waals surface area contributed by atoms with Gasteiger partial charge in [-0.15, -0.1) is 0 Å². The highest BCUT2D eigenvalue weighted by molar-refractivity contribution is 8.00. The molecule has 1 aliphatic rings. The van der Waals surface area contributed by atoms with Crippen molar-refractivity contribution >= 4 is 29.1 Å². The maximum absolute atomic E-state index is 6.17. The maximum atomic E-state index is 6.17. The number of fused-ring (bicyclic) bond motifs is 1.